The Bertz CT molecular complexity index is 714. The molecule has 1 unspecified atom stereocenters. The van der Waals surface area contributed by atoms with Gasteiger partial charge in [0.25, 0.3) is 5.91 Å². The van der Waals surface area contributed by atoms with E-state index >= 15 is 0 Å². The van der Waals surface area contributed by atoms with Crippen LogP contribution in [0.15, 0.2) is 12.1 Å². The highest BCUT2D eigenvalue weighted by atomic mass is 35.5. The molecule has 0 aliphatic carbocycles. The molecule has 0 bridgehead atoms. The molecule has 2 amide bonds. The van der Waals surface area contributed by atoms with Crippen molar-refractivity contribution in [1.82, 2.24) is 15.2 Å². The number of hydrogen-bond donors (Lipinski definition) is 1. The van der Waals surface area contributed by atoms with Crippen LogP contribution in [0.25, 0.3) is 0 Å². The van der Waals surface area contributed by atoms with Gasteiger partial charge in [-0.05, 0) is 56.6 Å². The van der Waals surface area contributed by atoms with Crippen molar-refractivity contribution in [2.45, 2.75) is 44.6 Å². The van der Waals surface area contributed by atoms with Crippen LogP contribution in [0.4, 0.5) is 5.82 Å². The van der Waals surface area contributed by atoms with Crippen LogP contribution in [0.3, 0.4) is 0 Å². The van der Waals surface area contributed by atoms with Crippen LogP contribution >= 0.6 is 11.6 Å². The van der Waals surface area contributed by atoms with Crippen LogP contribution in [-0.4, -0.2) is 68.1 Å². The van der Waals surface area contributed by atoms with E-state index in [0.29, 0.717) is 18.1 Å². The van der Waals surface area contributed by atoms with Crippen LogP contribution in [-0.2, 0) is 9.53 Å². The predicted molar refractivity (Wildman–Crippen MR) is 113 cm³/mol. The molecule has 8 heteroatoms. The van der Waals surface area contributed by atoms with Crippen LogP contribution in [0.2, 0.25) is 5.15 Å². The first-order valence-electron chi connectivity index (χ1n) is 10.5. The van der Waals surface area contributed by atoms with Gasteiger partial charge in [-0.1, -0.05) is 11.6 Å². The third-order valence-electron chi connectivity index (χ3n) is 5.72. The number of aromatic nitrogens is 1. The second-order valence-electron chi connectivity index (χ2n) is 8.07. The number of ether oxygens (including phenoxy) is 1. The molecule has 7 nitrogen and oxygen atoms in total. The fourth-order valence-corrected chi connectivity index (χ4v) is 4.18. The Hall–Kier alpha value is -1.86. The summed E-state index contributed by atoms with van der Waals surface area (Å²) in [7, 11) is 3.40. The van der Waals surface area contributed by atoms with Crippen molar-refractivity contribution in [1.29, 1.82) is 0 Å². The van der Waals surface area contributed by atoms with E-state index in [9.17, 15) is 9.59 Å². The molecule has 3 heterocycles. The minimum Gasteiger partial charge on any atom is -0.368 e. The summed E-state index contributed by atoms with van der Waals surface area (Å²) in [5, 5.41) is 3.25. The van der Waals surface area contributed by atoms with E-state index < -0.39 is 0 Å². The topological polar surface area (TPSA) is 74.8 Å². The van der Waals surface area contributed by atoms with E-state index in [0.717, 1.165) is 64.0 Å². The highest BCUT2D eigenvalue weighted by molar-refractivity contribution is 6.32. The molecule has 2 aliphatic rings. The fraction of sp³-hybridized carbons (Fsp3) is 0.667. The van der Waals surface area contributed by atoms with Gasteiger partial charge >= 0.3 is 0 Å². The second kappa shape index (κ2) is 10.3. The Morgan fingerprint density at radius 3 is 2.66 bits per heavy atom. The number of halogens is 1. The highest BCUT2D eigenvalue weighted by Gasteiger charge is 2.24. The van der Waals surface area contributed by atoms with Crippen molar-refractivity contribution >= 4 is 29.2 Å². The molecule has 2 saturated heterocycles. The zero-order valence-electron chi connectivity index (χ0n) is 17.3. The normalized spacial score (nSPS) is 20.0. The number of amides is 2. The van der Waals surface area contributed by atoms with Crippen LogP contribution in [0.5, 0.6) is 0 Å². The van der Waals surface area contributed by atoms with E-state index in [1.54, 1.807) is 20.2 Å². The number of piperidine rings is 1. The van der Waals surface area contributed by atoms with Gasteiger partial charge in [0.15, 0.2) is 0 Å². The number of nitrogens with one attached hydrogen (secondary N) is 1. The molecule has 2 fully saturated rings. The number of carbonyl (C=O) groups excluding carboxylic acids is 2. The monoisotopic (exact) mass is 422 g/mol. The molecule has 1 aromatic heterocycles. The van der Waals surface area contributed by atoms with Gasteiger partial charge < -0.3 is 19.9 Å². The SMILES string of the molecule is CN(C)C(=O)c1ccc(N2CCC(CCCNC(=O)C3CCCO3)CC2)nc1Cl. The predicted octanol–water partition coefficient (Wildman–Crippen LogP) is 2.73. The molecule has 0 aromatic carbocycles. The summed E-state index contributed by atoms with van der Waals surface area (Å²) in [6.45, 7) is 3.28. The van der Waals surface area contributed by atoms with Gasteiger partial charge in [-0.3, -0.25) is 9.59 Å². The summed E-state index contributed by atoms with van der Waals surface area (Å²) in [5.41, 5.74) is 0.431. The first kappa shape index (κ1) is 21.8. The van der Waals surface area contributed by atoms with Gasteiger partial charge in [0.05, 0.1) is 5.56 Å². The molecule has 160 valence electrons. The van der Waals surface area contributed by atoms with Crippen molar-refractivity contribution in [3.8, 4) is 0 Å². The van der Waals surface area contributed by atoms with Gasteiger partial charge in [-0.2, -0.15) is 0 Å². The number of nitrogens with zero attached hydrogens (tertiary/aromatic N) is 3. The maximum Gasteiger partial charge on any atom is 0.256 e. The number of anilines is 1. The third-order valence-corrected chi connectivity index (χ3v) is 6.01. The zero-order chi connectivity index (χ0) is 20.8. The summed E-state index contributed by atoms with van der Waals surface area (Å²) >= 11 is 6.24. The summed E-state index contributed by atoms with van der Waals surface area (Å²) in [6, 6.07) is 3.64. The fourth-order valence-electron chi connectivity index (χ4n) is 3.95. The Balaban J connectivity index is 1.39. The Labute approximate surface area is 177 Å². The minimum atomic E-state index is -0.239. The average Bonchev–Trinajstić information content (AvgIpc) is 3.26. The van der Waals surface area contributed by atoms with Gasteiger partial charge in [0.2, 0.25) is 5.91 Å². The highest BCUT2D eigenvalue weighted by Crippen LogP contribution is 2.27. The Morgan fingerprint density at radius 1 is 1.28 bits per heavy atom. The first-order valence-corrected chi connectivity index (χ1v) is 10.9. The number of carbonyl (C=O) groups is 2. The summed E-state index contributed by atoms with van der Waals surface area (Å²) < 4.78 is 5.40. The lowest BCUT2D eigenvalue weighted by Crippen LogP contribution is -2.36. The molecule has 0 spiro atoms. The van der Waals surface area contributed by atoms with E-state index in [1.807, 2.05) is 6.07 Å². The lowest BCUT2D eigenvalue weighted by atomic mass is 9.92. The maximum atomic E-state index is 12.1. The number of pyridine rings is 1. The third kappa shape index (κ3) is 5.82. The summed E-state index contributed by atoms with van der Waals surface area (Å²) in [4.78, 5) is 32.2. The molecular formula is C21H31ClN4O3. The van der Waals surface area contributed by atoms with Gasteiger partial charge in [-0.25, -0.2) is 4.98 Å². The largest absolute Gasteiger partial charge is 0.368 e. The van der Waals surface area contributed by atoms with Crippen molar-refractivity contribution in [3.63, 3.8) is 0 Å². The van der Waals surface area contributed by atoms with Crippen LogP contribution in [0.1, 0.15) is 48.9 Å². The van der Waals surface area contributed by atoms with E-state index in [1.165, 1.54) is 4.90 Å². The molecule has 1 atom stereocenters. The van der Waals surface area contributed by atoms with E-state index in [2.05, 4.69) is 15.2 Å². The van der Waals surface area contributed by atoms with Crippen molar-refractivity contribution in [3.05, 3.63) is 22.8 Å². The van der Waals surface area contributed by atoms with E-state index in [4.69, 9.17) is 16.3 Å². The summed E-state index contributed by atoms with van der Waals surface area (Å²) in [5.74, 6) is 1.39. The van der Waals surface area contributed by atoms with Crippen LogP contribution < -0.4 is 10.2 Å². The molecule has 1 aromatic rings. The summed E-state index contributed by atoms with van der Waals surface area (Å²) in [6.07, 6.45) is 5.88. The molecule has 3 rings (SSSR count). The average molecular weight is 423 g/mol. The van der Waals surface area contributed by atoms with Crippen molar-refractivity contribution in [2.24, 2.45) is 5.92 Å². The molecule has 0 radical (unpaired) electrons. The lowest BCUT2D eigenvalue weighted by Gasteiger charge is -2.33. The minimum absolute atomic E-state index is 0.0384. The van der Waals surface area contributed by atoms with Gasteiger partial charge in [0, 0.05) is 40.3 Å². The van der Waals surface area contributed by atoms with Gasteiger partial charge in [-0.15, -0.1) is 0 Å². The standard InChI is InChI=1S/C21H31ClN4O3/c1-25(2)21(28)16-7-8-18(24-19(16)22)26-12-9-15(10-13-26)5-3-11-23-20(27)17-6-4-14-29-17/h7-8,15,17H,3-6,9-14H2,1-2H3,(H,23,27). The first-order chi connectivity index (χ1) is 14.0. The van der Waals surface area contributed by atoms with Crippen molar-refractivity contribution < 1.29 is 14.3 Å². The molecule has 29 heavy (non-hydrogen) atoms. The van der Waals surface area contributed by atoms with E-state index in [-0.39, 0.29) is 23.1 Å². The maximum absolute atomic E-state index is 12.1. The Morgan fingerprint density at radius 2 is 2.03 bits per heavy atom. The Kier molecular flexibility index (Phi) is 7.72. The zero-order valence-corrected chi connectivity index (χ0v) is 18.1. The van der Waals surface area contributed by atoms with Crippen LogP contribution in [0, 0.1) is 5.92 Å². The molecule has 0 saturated carbocycles. The van der Waals surface area contributed by atoms with Gasteiger partial charge in [0.1, 0.15) is 17.1 Å². The molecule has 1 N–H and O–H groups in total. The lowest BCUT2D eigenvalue weighted by molar-refractivity contribution is -0.130. The molecular weight excluding hydrogens is 392 g/mol. The quantitative estimate of drug-likeness (QED) is 0.540. The number of hydrogen-bond acceptors (Lipinski definition) is 5. The smallest absolute Gasteiger partial charge is 0.256 e. The number of rotatable bonds is 7. The molecule has 2 aliphatic heterocycles. The van der Waals surface area contributed by atoms with Crippen molar-refractivity contribution in [2.75, 3.05) is 45.2 Å². The second-order valence-corrected chi connectivity index (χ2v) is 8.43.